The van der Waals surface area contributed by atoms with E-state index in [4.69, 9.17) is 0 Å². The highest BCUT2D eigenvalue weighted by molar-refractivity contribution is 5.71. The fourth-order valence-electron chi connectivity index (χ4n) is 3.98. The first-order chi connectivity index (χ1) is 12.8. The van der Waals surface area contributed by atoms with E-state index in [1.165, 1.54) is 74.5 Å². The Morgan fingerprint density at radius 3 is 2.04 bits per heavy atom. The van der Waals surface area contributed by atoms with Crippen molar-refractivity contribution in [3.05, 3.63) is 60.2 Å². The highest BCUT2D eigenvalue weighted by Gasteiger charge is 2.15. The van der Waals surface area contributed by atoms with Crippen molar-refractivity contribution in [3.63, 3.8) is 0 Å². The predicted molar refractivity (Wildman–Crippen MR) is 112 cm³/mol. The van der Waals surface area contributed by atoms with E-state index in [2.05, 4.69) is 37.3 Å². The van der Waals surface area contributed by atoms with Crippen molar-refractivity contribution in [2.75, 3.05) is 0 Å². The van der Waals surface area contributed by atoms with Crippen LogP contribution in [0.25, 0.3) is 16.7 Å². The van der Waals surface area contributed by atoms with Crippen LogP contribution in [-0.4, -0.2) is 5.11 Å². The van der Waals surface area contributed by atoms with Gasteiger partial charge in [0.1, 0.15) is 5.75 Å². The predicted octanol–water partition coefficient (Wildman–Crippen LogP) is 7.60. The maximum Gasteiger partial charge on any atom is 0.115 e. The quantitative estimate of drug-likeness (QED) is 0.487. The number of phenolic OH excluding ortho intramolecular Hbond substituents is 1. The van der Waals surface area contributed by atoms with Crippen LogP contribution in [0.3, 0.4) is 0 Å². The Hall–Kier alpha value is -2.02. The molecule has 1 atom stereocenters. The summed E-state index contributed by atoms with van der Waals surface area (Å²) < 4.78 is 0. The van der Waals surface area contributed by atoms with Gasteiger partial charge in [-0.3, -0.25) is 0 Å². The summed E-state index contributed by atoms with van der Waals surface area (Å²) in [7, 11) is 0. The maximum absolute atomic E-state index is 9.42. The van der Waals surface area contributed by atoms with Crippen LogP contribution in [0.5, 0.6) is 5.75 Å². The lowest BCUT2D eigenvalue weighted by molar-refractivity contribution is 0.423. The van der Waals surface area contributed by atoms with Crippen molar-refractivity contribution in [1.82, 2.24) is 0 Å². The Labute approximate surface area is 158 Å². The number of allylic oxidation sites excluding steroid dienone is 2. The SMILES string of the molecule is CCCCCCCC1CC=C(c2ccc(-c3ccc(O)cc3)cc2)CC1. The molecule has 0 heterocycles. The second kappa shape index (κ2) is 9.62. The molecule has 26 heavy (non-hydrogen) atoms. The van der Waals surface area contributed by atoms with E-state index in [0.29, 0.717) is 5.75 Å². The Morgan fingerprint density at radius 1 is 0.808 bits per heavy atom. The lowest BCUT2D eigenvalue weighted by Gasteiger charge is -2.22. The molecule has 1 nitrogen and oxygen atoms in total. The first-order valence-corrected chi connectivity index (χ1v) is 10.3. The highest BCUT2D eigenvalue weighted by Crippen LogP contribution is 2.33. The zero-order chi connectivity index (χ0) is 18.2. The number of phenols is 1. The number of rotatable bonds is 8. The zero-order valence-corrected chi connectivity index (χ0v) is 16.1. The van der Waals surface area contributed by atoms with Gasteiger partial charge in [-0.2, -0.15) is 0 Å². The second-order valence-corrected chi connectivity index (χ2v) is 7.70. The smallest absolute Gasteiger partial charge is 0.115 e. The third-order valence-electron chi connectivity index (χ3n) is 5.69. The molecular weight excluding hydrogens is 316 g/mol. The van der Waals surface area contributed by atoms with Gasteiger partial charge in [-0.05, 0) is 59.6 Å². The molecule has 0 aromatic heterocycles. The van der Waals surface area contributed by atoms with Crippen LogP contribution in [0.1, 0.15) is 70.3 Å². The molecule has 1 unspecified atom stereocenters. The molecule has 0 fully saturated rings. The minimum atomic E-state index is 0.317. The van der Waals surface area contributed by atoms with E-state index in [-0.39, 0.29) is 0 Å². The summed E-state index contributed by atoms with van der Waals surface area (Å²) in [6.07, 6.45) is 14.7. The van der Waals surface area contributed by atoms with Crippen molar-refractivity contribution < 1.29 is 5.11 Å². The van der Waals surface area contributed by atoms with Crippen LogP contribution in [0.4, 0.5) is 0 Å². The van der Waals surface area contributed by atoms with Gasteiger partial charge in [0.2, 0.25) is 0 Å². The summed E-state index contributed by atoms with van der Waals surface area (Å²) in [6.45, 7) is 2.28. The van der Waals surface area contributed by atoms with Gasteiger partial charge in [0.15, 0.2) is 0 Å². The molecule has 0 amide bonds. The van der Waals surface area contributed by atoms with Crippen molar-refractivity contribution >= 4 is 5.57 Å². The summed E-state index contributed by atoms with van der Waals surface area (Å²) in [5.41, 5.74) is 5.24. The van der Waals surface area contributed by atoms with E-state index < -0.39 is 0 Å². The lowest BCUT2D eigenvalue weighted by atomic mass is 9.83. The van der Waals surface area contributed by atoms with E-state index in [9.17, 15) is 5.11 Å². The standard InChI is InChI=1S/C25H32O/c1-2-3-4-5-6-7-20-8-10-21(11-9-20)22-12-14-23(15-13-22)24-16-18-25(26)19-17-24/h10,12-20,26H,2-9,11H2,1H3. The molecule has 2 aromatic rings. The molecule has 0 saturated carbocycles. The third-order valence-corrected chi connectivity index (χ3v) is 5.69. The molecule has 1 N–H and O–H groups in total. The number of benzene rings is 2. The van der Waals surface area contributed by atoms with Gasteiger partial charge in [-0.15, -0.1) is 0 Å². The van der Waals surface area contributed by atoms with E-state index >= 15 is 0 Å². The molecule has 3 rings (SSSR count). The molecule has 1 aliphatic rings. The Bertz CT molecular complexity index is 694. The summed E-state index contributed by atoms with van der Waals surface area (Å²) in [5, 5.41) is 9.42. The van der Waals surface area contributed by atoms with E-state index in [0.717, 1.165) is 11.5 Å². The van der Waals surface area contributed by atoms with Gasteiger partial charge >= 0.3 is 0 Å². The summed E-state index contributed by atoms with van der Waals surface area (Å²) in [5.74, 6) is 1.22. The molecule has 0 bridgehead atoms. The minimum absolute atomic E-state index is 0.317. The zero-order valence-electron chi connectivity index (χ0n) is 16.1. The Balaban J connectivity index is 1.53. The Kier molecular flexibility index (Phi) is 6.94. The van der Waals surface area contributed by atoms with Crippen molar-refractivity contribution in [1.29, 1.82) is 0 Å². The van der Waals surface area contributed by atoms with Crippen LogP contribution in [0, 0.1) is 5.92 Å². The average Bonchev–Trinajstić information content (AvgIpc) is 2.69. The fraction of sp³-hybridized carbons (Fsp3) is 0.440. The van der Waals surface area contributed by atoms with Crippen molar-refractivity contribution in [2.45, 2.75) is 64.7 Å². The molecule has 1 heteroatoms. The van der Waals surface area contributed by atoms with E-state index in [1.807, 2.05) is 12.1 Å². The van der Waals surface area contributed by atoms with Gasteiger partial charge in [0.05, 0.1) is 0 Å². The highest BCUT2D eigenvalue weighted by atomic mass is 16.3. The summed E-state index contributed by atoms with van der Waals surface area (Å²) in [6, 6.07) is 16.3. The van der Waals surface area contributed by atoms with Gasteiger partial charge in [0, 0.05) is 0 Å². The molecular formula is C25H32O. The van der Waals surface area contributed by atoms with Gasteiger partial charge < -0.3 is 5.11 Å². The molecule has 1 aliphatic carbocycles. The monoisotopic (exact) mass is 348 g/mol. The van der Waals surface area contributed by atoms with Gasteiger partial charge in [0.25, 0.3) is 0 Å². The largest absolute Gasteiger partial charge is 0.508 e. The number of hydrogen-bond acceptors (Lipinski definition) is 1. The van der Waals surface area contributed by atoms with E-state index in [1.54, 1.807) is 12.1 Å². The van der Waals surface area contributed by atoms with Crippen LogP contribution in [0.2, 0.25) is 0 Å². The molecule has 0 saturated heterocycles. The van der Waals surface area contributed by atoms with Crippen LogP contribution >= 0.6 is 0 Å². The normalized spacial score (nSPS) is 17.1. The van der Waals surface area contributed by atoms with Crippen molar-refractivity contribution in [2.24, 2.45) is 5.92 Å². The molecule has 0 radical (unpaired) electrons. The molecule has 138 valence electrons. The molecule has 2 aromatic carbocycles. The molecule has 0 spiro atoms. The maximum atomic E-state index is 9.42. The minimum Gasteiger partial charge on any atom is -0.508 e. The van der Waals surface area contributed by atoms with Crippen LogP contribution in [0.15, 0.2) is 54.6 Å². The molecule has 0 aliphatic heterocycles. The summed E-state index contributed by atoms with van der Waals surface area (Å²) in [4.78, 5) is 0. The lowest BCUT2D eigenvalue weighted by Crippen LogP contribution is -2.05. The number of aromatic hydroxyl groups is 1. The van der Waals surface area contributed by atoms with Crippen LogP contribution in [-0.2, 0) is 0 Å². The number of unbranched alkanes of at least 4 members (excludes halogenated alkanes) is 4. The van der Waals surface area contributed by atoms with Gasteiger partial charge in [-0.25, -0.2) is 0 Å². The van der Waals surface area contributed by atoms with Gasteiger partial charge in [-0.1, -0.05) is 87.9 Å². The first-order valence-electron chi connectivity index (χ1n) is 10.3. The Morgan fingerprint density at radius 2 is 1.42 bits per heavy atom. The summed E-state index contributed by atoms with van der Waals surface area (Å²) >= 11 is 0. The fourth-order valence-corrected chi connectivity index (χ4v) is 3.98. The topological polar surface area (TPSA) is 20.2 Å². The van der Waals surface area contributed by atoms with Crippen LogP contribution < -0.4 is 0 Å². The second-order valence-electron chi connectivity index (χ2n) is 7.70. The third kappa shape index (κ3) is 5.24. The first kappa shape index (κ1) is 18.8. The average molecular weight is 349 g/mol. The van der Waals surface area contributed by atoms with Crippen molar-refractivity contribution in [3.8, 4) is 16.9 Å². The number of hydrogen-bond donors (Lipinski definition) is 1.